The molecule has 0 bridgehead atoms. The van der Waals surface area contributed by atoms with Gasteiger partial charge in [-0.15, -0.1) is 6.58 Å². The highest BCUT2D eigenvalue weighted by Gasteiger charge is 2.20. The van der Waals surface area contributed by atoms with E-state index in [1.165, 1.54) is 12.8 Å². The van der Waals surface area contributed by atoms with E-state index in [1.54, 1.807) is 6.08 Å². The van der Waals surface area contributed by atoms with E-state index in [1.807, 2.05) is 24.3 Å². The molecule has 1 heteroatoms. The average molecular weight is 216 g/mol. The van der Waals surface area contributed by atoms with Gasteiger partial charge in [0.15, 0.2) is 5.78 Å². The van der Waals surface area contributed by atoms with Crippen LogP contribution < -0.4 is 0 Å². The van der Waals surface area contributed by atoms with E-state index in [2.05, 4.69) is 19.6 Å². The fourth-order valence-corrected chi connectivity index (χ4v) is 1.77. The van der Waals surface area contributed by atoms with Crippen molar-refractivity contribution in [2.45, 2.75) is 32.6 Å². The Morgan fingerprint density at radius 3 is 3.00 bits per heavy atom. The number of rotatable bonds is 6. The molecule has 1 atom stereocenters. The van der Waals surface area contributed by atoms with E-state index in [0.717, 1.165) is 18.4 Å². The second-order valence-corrected chi connectivity index (χ2v) is 4.05. The topological polar surface area (TPSA) is 17.1 Å². The third kappa shape index (κ3) is 3.65. The average Bonchev–Trinajstić information content (AvgIpc) is 2.61. The second-order valence-electron chi connectivity index (χ2n) is 4.05. The van der Waals surface area contributed by atoms with E-state index < -0.39 is 0 Å². The molecule has 1 nitrogen and oxygen atoms in total. The van der Waals surface area contributed by atoms with Crippen molar-refractivity contribution < 1.29 is 4.79 Å². The third-order valence-electron chi connectivity index (χ3n) is 2.72. The summed E-state index contributed by atoms with van der Waals surface area (Å²) in [4.78, 5) is 11.6. The molecule has 1 aliphatic rings. The molecular weight excluding hydrogens is 196 g/mol. The van der Waals surface area contributed by atoms with Crippen LogP contribution in [0.1, 0.15) is 32.6 Å². The van der Waals surface area contributed by atoms with Crippen molar-refractivity contribution >= 4 is 5.78 Å². The number of carbonyl (C=O) groups excluding carboxylic acids is 1. The highest BCUT2D eigenvalue weighted by atomic mass is 16.1. The van der Waals surface area contributed by atoms with E-state index in [9.17, 15) is 4.79 Å². The summed E-state index contributed by atoms with van der Waals surface area (Å²) in [6, 6.07) is 0. The molecule has 0 heterocycles. The SMILES string of the molecule is C=CC[C@H]1C=CC(=O)/C1=C/C=C/CCCC. The number of carbonyl (C=O) groups is 1. The first-order valence-corrected chi connectivity index (χ1v) is 5.99. The Morgan fingerprint density at radius 2 is 2.31 bits per heavy atom. The van der Waals surface area contributed by atoms with Gasteiger partial charge in [-0.05, 0) is 18.9 Å². The maximum absolute atomic E-state index is 11.6. The largest absolute Gasteiger partial charge is 0.290 e. The molecule has 0 radical (unpaired) electrons. The fraction of sp³-hybridized carbons (Fsp3) is 0.400. The van der Waals surface area contributed by atoms with Gasteiger partial charge >= 0.3 is 0 Å². The Balaban J connectivity index is 2.55. The zero-order valence-electron chi connectivity index (χ0n) is 9.99. The molecule has 1 aliphatic carbocycles. The summed E-state index contributed by atoms with van der Waals surface area (Å²) in [5, 5.41) is 0. The van der Waals surface area contributed by atoms with Crippen molar-refractivity contribution in [2.75, 3.05) is 0 Å². The zero-order valence-corrected chi connectivity index (χ0v) is 9.99. The lowest BCUT2D eigenvalue weighted by Crippen LogP contribution is -2.01. The molecule has 86 valence electrons. The van der Waals surface area contributed by atoms with Gasteiger partial charge in [0.2, 0.25) is 0 Å². The van der Waals surface area contributed by atoms with Crippen LogP contribution in [0.2, 0.25) is 0 Å². The van der Waals surface area contributed by atoms with Crippen LogP contribution in [0.3, 0.4) is 0 Å². The van der Waals surface area contributed by atoms with Gasteiger partial charge in [0, 0.05) is 11.5 Å². The molecular formula is C15H20O. The molecule has 1 rings (SSSR count). The molecule has 0 aromatic carbocycles. The molecule has 0 spiro atoms. The summed E-state index contributed by atoms with van der Waals surface area (Å²) in [5.41, 5.74) is 0.896. The monoisotopic (exact) mass is 216 g/mol. The maximum atomic E-state index is 11.6. The first kappa shape index (κ1) is 12.7. The van der Waals surface area contributed by atoms with Gasteiger partial charge in [0.1, 0.15) is 0 Å². The second kappa shape index (κ2) is 7.00. The van der Waals surface area contributed by atoms with Crippen LogP contribution in [0.5, 0.6) is 0 Å². The van der Waals surface area contributed by atoms with Crippen molar-refractivity contribution in [3.05, 3.63) is 48.6 Å². The van der Waals surface area contributed by atoms with E-state index in [-0.39, 0.29) is 11.7 Å². The van der Waals surface area contributed by atoms with Crippen LogP contribution >= 0.6 is 0 Å². The quantitative estimate of drug-likeness (QED) is 0.373. The summed E-state index contributed by atoms with van der Waals surface area (Å²) in [5.74, 6) is 0.382. The molecule has 0 aromatic heterocycles. The first-order valence-electron chi connectivity index (χ1n) is 5.99. The molecule has 0 amide bonds. The van der Waals surface area contributed by atoms with Crippen molar-refractivity contribution in [1.29, 1.82) is 0 Å². The third-order valence-corrected chi connectivity index (χ3v) is 2.72. The highest BCUT2D eigenvalue weighted by Crippen LogP contribution is 2.24. The fourth-order valence-electron chi connectivity index (χ4n) is 1.77. The summed E-state index contributed by atoms with van der Waals surface area (Å²) in [6.07, 6.45) is 15.9. The predicted octanol–water partition coefficient (Wildman–Crippen LogP) is 3.99. The summed E-state index contributed by atoms with van der Waals surface area (Å²) in [7, 11) is 0. The maximum Gasteiger partial charge on any atom is 0.182 e. The van der Waals surface area contributed by atoms with E-state index in [0.29, 0.717) is 0 Å². The minimum atomic E-state index is 0.145. The number of allylic oxidation sites excluding steroid dienone is 7. The molecule has 0 aliphatic heterocycles. The summed E-state index contributed by atoms with van der Waals surface area (Å²) < 4.78 is 0. The lowest BCUT2D eigenvalue weighted by Gasteiger charge is -2.05. The van der Waals surface area contributed by atoms with E-state index in [4.69, 9.17) is 0 Å². The molecule has 16 heavy (non-hydrogen) atoms. The van der Waals surface area contributed by atoms with Gasteiger partial charge in [-0.2, -0.15) is 0 Å². The van der Waals surface area contributed by atoms with Crippen LogP contribution in [0.4, 0.5) is 0 Å². The number of hydrogen-bond donors (Lipinski definition) is 0. The van der Waals surface area contributed by atoms with E-state index >= 15 is 0 Å². The van der Waals surface area contributed by atoms with Gasteiger partial charge in [-0.3, -0.25) is 4.79 Å². The lowest BCUT2D eigenvalue weighted by atomic mass is 9.98. The van der Waals surface area contributed by atoms with Gasteiger partial charge < -0.3 is 0 Å². The van der Waals surface area contributed by atoms with Gasteiger partial charge in [-0.1, -0.05) is 50.1 Å². The predicted molar refractivity (Wildman–Crippen MR) is 69.2 cm³/mol. The first-order chi connectivity index (χ1) is 7.79. The van der Waals surface area contributed by atoms with Gasteiger partial charge in [0.25, 0.3) is 0 Å². The standard InChI is InChI=1S/C15H20O/c1-3-5-6-7-8-10-14-13(9-4-2)11-12-15(14)16/h4,7-8,10-13H,2-3,5-6,9H2,1H3/b8-7+,14-10+/t13-/m0/s1. The normalized spacial score (nSPS) is 22.4. The van der Waals surface area contributed by atoms with Crippen LogP contribution in [0.25, 0.3) is 0 Å². The van der Waals surface area contributed by atoms with Crippen molar-refractivity contribution in [3.63, 3.8) is 0 Å². The Bertz CT molecular complexity index is 331. The Hall–Kier alpha value is -1.37. The molecule has 0 saturated carbocycles. The van der Waals surface area contributed by atoms with Crippen LogP contribution in [-0.2, 0) is 4.79 Å². The Labute approximate surface area is 98.2 Å². The van der Waals surface area contributed by atoms with Crippen LogP contribution in [-0.4, -0.2) is 5.78 Å². The summed E-state index contributed by atoms with van der Waals surface area (Å²) in [6.45, 7) is 5.89. The van der Waals surface area contributed by atoms with Crippen molar-refractivity contribution in [3.8, 4) is 0 Å². The molecule has 0 N–H and O–H groups in total. The van der Waals surface area contributed by atoms with Crippen LogP contribution in [0.15, 0.2) is 48.6 Å². The molecule has 0 fully saturated rings. The molecule has 0 saturated heterocycles. The lowest BCUT2D eigenvalue weighted by molar-refractivity contribution is -0.111. The number of hydrogen-bond acceptors (Lipinski definition) is 1. The van der Waals surface area contributed by atoms with Crippen molar-refractivity contribution in [2.24, 2.45) is 5.92 Å². The number of unbranched alkanes of at least 4 members (excludes halogenated alkanes) is 2. The van der Waals surface area contributed by atoms with Gasteiger partial charge in [0.05, 0.1) is 0 Å². The smallest absolute Gasteiger partial charge is 0.182 e. The highest BCUT2D eigenvalue weighted by molar-refractivity contribution is 6.07. The molecule has 0 aromatic rings. The van der Waals surface area contributed by atoms with Crippen LogP contribution in [0, 0.1) is 5.92 Å². The zero-order chi connectivity index (χ0) is 11.8. The Morgan fingerprint density at radius 1 is 1.50 bits per heavy atom. The number of ketones is 1. The minimum absolute atomic E-state index is 0.145. The van der Waals surface area contributed by atoms with Crippen molar-refractivity contribution in [1.82, 2.24) is 0 Å². The summed E-state index contributed by atoms with van der Waals surface area (Å²) >= 11 is 0. The van der Waals surface area contributed by atoms with Gasteiger partial charge in [-0.25, -0.2) is 0 Å². The minimum Gasteiger partial charge on any atom is -0.290 e. The Kier molecular flexibility index (Phi) is 5.55. The molecule has 0 unspecified atom stereocenters.